The van der Waals surface area contributed by atoms with Crippen LogP contribution in [0.4, 0.5) is 0 Å². The predicted molar refractivity (Wildman–Crippen MR) is 67.5 cm³/mol. The number of ether oxygens (including phenoxy) is 2. The van der Waals surface area contributed by atoms with Crippen molar-refractivity contribution in [3.05, 3.63) is 16.1 Å². The van der Waals surface area contributed by atoms with Gasteiger partial charge in [-0.25, -0.2) is 9.78 Å². The molecule has 1 atom stereocenters. The molecule has 0 N–H and O–H groups in total. The van der Waals surface area contributed by atoms with Crippen LogP contribution in [-0.4, -0.2) is 22.5 Å². The number of hydrogen-bond acceptors (Lipinski definition) is 6. The van der Waals surface area contributed by atoms with Crippen LogP contribution in [0, 0.1) is 0 Å². The van der Waals surface area contributed by atoms with Crippen molar-refractivity contribution in [1.29, 1.82) is 0 Å². The molecule has 0 spiro atoms. The maximum atomic E-state index is 11.7. The van der Waals surface area contributed by atoms with Crippen molar-refractivity contribution >= 4 is 23.3 Å². The van der Waals surface area contributed by atoms with E-state index in [4.69, 9.17) is 9.47 Å². The largest absolute Gasteiger partial charge is 0.455 e. The molecular formula is C12H17NO4S. The van der Waals surface area contributed by atoms with Crippen LogP contribution in [0.2, 0.25) is 0 Å². The maximum Gasteiger partial charge on any atom is 0.358 e. The van der Waals surface area contributed by atoms with E-state index in [9.17, 15) is 9.59 Å². The van der Waals surface area contributed by atoms with E-state index in [1.54, 1.807) is 33.1 Å². The third-order valence-electron chi connectivity index (χ3n) is 1.82. The summed E-state index contributed by atoms with van der Waals surface area (Å²) in [4.78, 5) is 26.7. The summed E-state index contributed by atoms with van der Waals surface area (Å²) in [6, 6.07) is 0. The van der Waals surface area contributed by atoms with Crippen LogP contribution < -0.4 is 0 Å². The van der Waals surface area contributed by atoms with Gasteiger partial charge in [0.15, 0.2) is 11.8 Å². The molecule has 0 aliphatic carbocycles. The average molecular weight is 271 g/mol. The molecule has 0 bridgehead atoms. The summed E-state index contributed by atoms with van der Waals surface area (Å²) in [6.07, 6.45) is -0.455. The molecule has 100 valence electrons. The van der Waals surface area contributed by atoms with E-state index in [0.29, 0.717) is 5.01 Å². The molecule has 1 heterocycles. The van der Waals surface area contributed by atoms with Crippen LogP contribution in [0.5, 0.6) is 0 Å². The number of rotatable bonds is 3. The molecule has 18 heavy (non-hydrogen) atoms. The van der Waals surface area contributed by atoms with Crippen molar-refractivity contribution in [3.63, 3.8) is 0 Å². The number of carbonyl (C=O) groups is 2. The molecule has 0 fully saturated rings. The van der Waals surface area contributed by atoms with Crippen molar-refractivity contribution in [1.82, 2.24) is 4.98 Å². The first kappa shape index (κ1) is 14.6. The van der Waals surface area contributed by atoms with Gasteiger partial charge in [0.05, 0.1) is 0 Å². The Labute approximate surface area is 110 Å². The number of esters is 2. The minimum absolute atomic E-state index is 0.240. The third kappa shape index (κ3) is 4.44. The van der Waals surface area contributed by atoms with Crippen molar-refractivity contribution in [2.45, 2.75) is 46.3 Å². The van der Waals surface area contributed by atoms with Gasteiger partial charge in [-0.2, -0.15) is 0 Å². The van der Waals surface area contributed by atoms with E-state index in [1.807, 2.05) is 0 Å². The molecular weight excluding hydrogens is 254 g/mol. The van der Waals surface area contributed by atoms with E-state index >= 15 is 0 Å². The SMILES string of the molecule is CC(=O)OC(C)c1nc(C(=O)OC(C)(C)C)cs1. The van der Waals surface area contributed by atoms with E-state index in [0.717, 1.165) is 0 Å². The summed E-state index contributed by atoms with van der Waals surface area (Å²) in [5.41, 5.74) is -0.313. The van der Waals surface area contributed by atoms with E-state index in [-0.39, 0.29) is 11.7 Å². The van der Waals surface area contributed by atoms with Gasteiger partial charge in [0, 0.05) is 12.3 Å². The fourth-order valence-electron chi connectivity index (χ4n) is 1.20. The summed E-state index contributed by atoms with van der Waals surface area (Å²) in [5, 5.41) is 2.18. The second-order valence-electron chi connectivity index (χ2n) is 4.82. The van der Waals surface area contributed by atoms with Gasteiger partial charge in [0.25, 0.3) is 0 Å². The van der Waals surface area contributed by atoms with Gasteiger partial charge in [-0.05, 0) is 27.7 Å². The highest BCUT2D eigenvalue weighted by molar-refractivity contribution is 7.09. The monoisotopic (exact) mass is 271 g/mol. The zero-order valence-corrected chi connectivity index (χ0v) is 12.0. The second-order valence-corrected chi connectivity index (χ2v) is 5.71. The zero-order chi connectivity index (χ0) is 13.9. The number of hydrogen-bond donors (Lipinski definition) is 0. The van der Waals surface area contributed by atoms with Crippen molar-refractivity contribution in [3.8, 4) is 0 Å². The van der Waals surface area contributed by atoms with Crippen LogP contribution in [0.3, 0.4) is 0 Å². The number of thiazole rings is 1. The van der Waals surface area contributed by atoms with Crippen LogP contribution >= 0.6 is 11.3 Å². The second kappa shape index (κ2) is 5.48. The van der Waals surface area contributed by atoms with Crippen molar-refractivity contribution in [2.75, 3.05) is 0 Å². The topological polar surface area (TPSA) is 65.5 Å². The van der Waals surface area contributed by atoms with Gasteiger partial charge in [0.2, 0.25) is 0 Å². The van der Waals surface area contributed by atoms with E-state index in [1.165, 1.54) is 18.3 Å². The standard InChI is InChI=1S/C12H17NO4S/c1-7(16-8(2)14)10-13-9(6-18-10)11(15)17-12(3,4)5/h6-7H,1-5H3. The molecule has 6 heteroatoms. The van der Waals surface area contributed by atoms with Crippen LogP contribution in [0.15, 0.2) is 5.38 Å². The number of nitrogens with zero attached hydrogens (tertiary/aromatic N) is 1. The summed E-state index contributed by atoms with van der Waals surface area (Å²) >= 11 is 1.26. The summed E-state index contributed by atoms with van der Waals surface area (Å²) < 4.78 is 10.2. The first-order chi connectivity index (χ1) is 8.19. The zero-order valence-electron chi connectivity index (χ0n) is 11.1. The Kier molecular flexibility index (Phi) is 4.45. The van der Waals surface area contributed by atoms with E-state index < -0.39 is 17.7 Å². The average Bonchev–Trinajstić information content (AvgIpc) is 2.61. The fourth-order valence-corrected chi connectivity index (χ4v) is 1.97. The molecule has 0 saturated carbocycles. The van der Waals surface area contributed by atoms with Gasteiger partial charge in [-0.1, -0.05) is 0 Å². The summed E-state index contributed by atoms with van der Waals surface area (Å²) in [5.74, 6) is -0.850. The highest BCUT2D eigenvalue weighted by Gasteiger charge is 2.22. The quantitative estimate of drug-likeness (QED) is 0.791. The molecule has 0 saturated heterocycles. The van der Waals surface area contributed by atoms with Crippen molar-refractivity contribution < 1.29 is 19.1 Å². The highest BCUT2D eigenvalue weighted by atomic mass is 32.1. The van der Waals surface area contributed by atoms with Crippen LogP contribution in [0.25, 0.3) is 0 Å². The first-order valence-corrected chi connectivity index (χ1v) is 6.43. The molecule has 0 radical (unpaired) electrons. The predicted octanol–water partition coefficient (Wildman–Crippen LogP) is 2.72. The lowest BCUT2D eigenvalue weighted by Crippen LogP contribution is -2.24. The van der Waals surface area contributed by atoms with Crippen LogP contribution in [-0.2, 0) is 14.3 Å². The maximum absolute atomic E-state index is 11.7. The first-order valence-electron chi connectivity index (χ1n) is 5.55. The lowest BCUT2D eigenvalue weighted by atomic mass is 10.2. The lowest BCUT2D eigenvalue weighted by molar-refractivity contribution is -0.145. The molecule has 0 aromatic carbocycles. The molecule has 5 nitrogen and oxygen atoms in total. The van der Waals surface area contributed by atoms with Crippen LogP contribution in [0.1, 0.15) is 56.2 Å². The Bertz CT molecular complexity index is 447. The molecule has 1 aromatic rings. The van der Waals surface area contributed by atoms with Gasteiger partial charge in [0.1, 0.15) is 10.6 Å². The minimum Gasteiger partial charge on any atom is -0.455 e. The summed E-state index contributed by atoms with van der Waals surface area (Å²) in [7, 11) is 0. The smallest absolute Gasteiger partial charge is 0.358 e. The molecule has 0 aliphatic heterocycles. The fraction of sp³-hybridized carbons (Fsp3) is 0.583. The van der Waals surface area contributed by atoms with Gasteiger partial charge in [-0.15, -0.1) is 11.3 Å². The highest BCUT2D eigenvalue weighted by Crippen LogP contribution is 2.22. The van der Waals surface area contributed by atoms with Gasteiger partial charge >= 0.3 is 11.9 Å². The molecule has 0 aliphatic rings. The Morgan fingerprint density at radius 2 is 2.00 bits per heavy atom. The Balaban J connectivity index is 2.74. The third-order valence-corrected chi connectivity index (χ3v) is 2.83. The Morgan fingerprint density at radius 1 is 1.39 bits per heavy atom. The van der Waals surface area contributed by atoms with Gasteiger partial charge in [-0.3, -0.25) is 4.79 Å². The summed E-state index contributed by atoms with van der Waals surface area (Å²) in [6.45, 7) is 8.41. The molecule has 1 aromatic heterocycles. The van der Waals surface area contributed by atoms with E-state index in [2.05, 4.69) is 4.98 Å². The van der Waals surface area contributed by atoms with Crippen molar-refractivity contribution in [2.24, 2.45) is 0 Å². The lowest BCUT2D eigenvalue weighted by Gasteiger charge is -2.18. The Hall–Kier alpha value is -1.43. The molecule has 0 amide bonds. The minimum atomic E-state index is -0.553. The molecule has 1 unspecified atom stereocenters. The number of carbonyl (C=O) groups excluding carboxylic acids is 2. The van der Waals surface area contributed by atoms with Gasteiger partial charge < -0.3 is 9.47 Å². The normalized spacial score (nSPS) is 12.9. The Morgan fingerprint density at radius 3 is 2.50 bits per heavy atom. The molecule has 1 rings (SSSR count). The number of aromatic nitrogens is 1.